The minimum atomic E-state index is 0.661. The smallest absolute Gasteiger partial charge is 0.0643 e. The molecular formula is C15H14Br2N2. The highest BCUT2D eigenvalue weighted by atomic mass is 79.9. The lowest BCUT2D eigenvalue weighted by Gasteiger charge is -2.06. The minimum absolute atomic E-state index is 0.661. The molecule has 0 spiro atoms. The Bertz CT molecular complexity index is 604. The number of nitrogen functional groups attached to an aromatic ring is 1. The van der Waals surface area contributed by atoms with Crippen LogP contribution in [0.1, 0.15) is 18.1 Å². The molecule has 19 heavy (non-hydrogen) atoms. The molecule has 0 aliphatic rings. The van der Waals surface area contributed by atoms with E-state index in [9.17, 15) is 0 Å². The van der Waals surface area contributed by atoms with E-state index < -0.39 is 0 Å². The maximum Gasteiger partial charge on any atom is 0.0643 e. The molecule has 0 heterocycles. The Labute approximate surface area is 130 Å². The van der Waals surface area contributed by atoms with Gasteiger partial charge in [0.2, 0.25) is 0 Å². The van der Waals surface area contributed by atoms with E-state index in [4.69, 9.17) is 5.73 Å². The maximum atomic E-state index is 5.99. The van der Waals surface area contributed by atoms with Gasteiger partial charge >= 0.3 is 0 Å². The molecule has 2 nitrogen and oxygen atoms in total. The van der Waals surface area contributed by atoms with Crippen LogP contribution in [0.2, 0.25) is 0 Å². The van der Waals surface area contributed by atoms with Crippen molar-refractivity contribution in [2.24, 2.45) is 4.99 Å². The summed E-state index contributed by atoms with van der Waals surface area (Å²) in [6.07, 6.45) is 0. The number of rotatable bonds is 3. The van der Waals surface area contributed by atoms with Crippen molar-refractivity contribution in [1.29, 1.82) is 0 Å². The van der Waals surface area contributed by atoms with E-state index in [1.165, 1.54) is 5.56 Å². The second-order valence-electron chi connectivity index (χ2n) is 4.26. The molecule has 0 aliphatic heterocycles. The zero-order chi connectivity index (χ0) is 13.8. The zero-order valence-electron chi connectivity index (χ0n) is 10.5. The Morgan fingerprint density at radius 3 is 2.32 bits per heavy atom. The van der Waals surface area contributed by atoms with Gasteiger partial charge in [-0.05, 0) is 42.8 Å². The highest BCUT2D eigenvalue weighted by molar-refractivity contribution is 9.10. The van der Waals surface area contributed by atoms with Crippen molar-refractivity contribution in [3.63, 3.8) is 0 Å². The lowest BCUT2D eigenvalue weighted by molar-refractivity contribution is 1.06. The van der Waals surface area contributed by atoms with Crippen molar-refractivity contribution in [2.45, 2.75) is 13.5 Å². The van der Waals surface area contributed by atoms with Crippen LogP contribution in [0.25, 0.3) is 0 Å². The van der Waals surface area contributed by atoms with Crippen LogP contribution in [0.5, 0.6) is 0 Å². The fraction of sp³-hybridized carbons (Fsp3) is 0.133. The molecule has 0 unspecified atom stereocenters. The quantitative estimate of drug-likeness (QED) is 0.601. The summed E-state index contributed by atoms with van der Waals surface area (Å²) in [5, 5.41) is 0. The summed E-state index contributed by atoms with van der Waals surface area (Å²) >= 11 is 6.83. The lowest BCUT2D eigenvalue weighted by atomic mass is 10.1. The van der Waals surface area contributed by atoms with Gasteiger partial charge < -0.3 is 5.73 Å². The molecular weight excluding hydrogens is 368 g/mol. The third-order valence-corrected chi connectivity index (χ3v) is 3.84. The van der Waals surface area contributed by atoms with Crippen LogP contribution in [0, 0.1) is 0 Å². The number of benzene rings is 2. The molecule has 0 aliphatic carbocycles. The van der Waals surface area contributed by atoms with Crippen LogP contribution in [0.15, 0.2) is 56.4 Å². The predicted octanol–water partition coefficient (Wildman–Crippen LogP) is 4.80. The van der Waals surface area contributed by atoms with Gasteiger partial charge in [-0.25, -0.2) is 0 Å². The van der Waals surface area contributed by atoms with E-state index in [0.717, 1.165) is 25.9 Å². The Balaban J connectivity index is 2.16. The summed E-state index contributed by atoms with van der Waals surface area (Å²) in [7, 11) is 0. The highest BCUT2D eigenvalue weighted by Gasteiger charge is 2.03. The first-order valence-electron chi connectivity index (χ1n) is 5.87. The van der Waals surface area contributed by atoms with E-state index in [2.05, 4.69) is 49.0 Å². The molecule has 2 N–H and O–H groups in total. The van der Waals surface area contributed by atoms with Crippen molar-refractivity contribution in [2.75, 3.05) is 5.73 Å². The van der Waals surface area contributed by atoms with Gasteiger partial charge in [0.25, 0.3) is 0 Å². The standard InChI is InChI=1S/C15H14Br2N2/c1-10(14-7-6-13(17)8-15(14)18)19-9-11-2-4-12(16)5-3-11/h2-8H,9,18H2,1H3. The summed E-state index contributed by atoms with van der Waals surface area (Å²) in [6, 6.07) is 14.0. The first-order chi connectivity index (χ1) is 9.06. The Morgan fingerprint density at radius 2 is 1.68 bits per heavy atom. The summed E-state index contributed by atoms with van der Waals surface area (Å²) in [4.78, 5) is 4.59. The number of nitrogens with zero attached hydrogens (tertiary/aromatic N) is 1. The monoisotopic (exact) mass is 380 g/mol. The molecule has 0 saturated heterocycles. The van der Waals surface area contributed by atoms with Crippen molar-refractivity contribution < 1.29 is 0 Å². The van der Waals surface area contributed by atoms with Crippen molar-refractivity contribution in [3.8, 4) is 0 Å². The van der Waals surface area contributed by atoms with Crippen molar-refractivity contribution >= 4 is 43.3 Å². The predicted molar refractivity (Wildman–Crippen MR) is 88.6 cm³/mol. The number of hydrogen-bond acceptors (Lipinski definition) is 2. The van der Waals surface area contributed by atoms with Gasteiger partial charge in [-0.1, -0.05) is 44.0 Å². The maximum absolute atomic E-state index is 5.99. The Kier molecular flexibility index (Phi) is 4.77. The molecule has 0 radical (unpaired) electrons. The Morgan fingerprint density at radius 1 is 1.05 bits per heavy atom. The number of anilines is 1. The molecule has 0 atom stereocenters. The largest absolute Gasteiger partial charge is 0.398 e. The summed E-state index contributed by atoms with van der Waals surface area (Å²) in [5.41, 5.74) is 9.85. The van der Waals surface area contributed by atoms with E-state index in [1.54, 1.807) is 0 Å². The average Bonchev–Trinajstić information content (AvgIpc) is 2.37. The summed E-state index contributed by atoms with van der Waals surface area (Å²) in [5.74, 6) is 0. The number of halogens is 2. The van der Waals surface area contributed by atoms with Gasteiger partial charge in [-0.2, -0.15) is 0 Å². The molecule has 0 saturated carbocycles. The van der Waals surface area contributed by atoms with Gasteiger partial charge in [0.05, 0.1) is 6.54 Å². The number of hydrogen-bond donors (Lipinski definition) is 1. The SMILES string of the molecule is CC(=NCc1ccc(Br)cc1)c1ccc(Br)cc1N. The van der Waals surface area contributed by atoms with Crippen LogP contribution in [-0.4, -0.2) is 5.71 Å². The summed E-state index contributed by atoms with van der Waals surface area (Å²) in [6.45, 7) is 2.65. The van der Waals surface area contributed by atoms with E-state index in [0.29, 0.717) is 6.54 Å². The number of aliphatic imine (C=N–C) groups is 1. The van der Waals surface area contributed by atoms with Crippen LogP contribution >= 0.6 is 31.9 Å². The fourth-order valence-corrected chi connectivity index (χ4v) is 2.39. The molecule has 0 bridgehead atoms. The molecule has 98 valence electrons. The number of nitrogens with two attached hydrogens (primary N) is 1. The molecule has 2 aromatic rings. The van der Waals surface area contributed by atoms with Crippen LogP contribution in [0.3, 0.4) is 0 Å². The topological polar surface area (TPSA) is 38.4 Å². The minimum Gasteiger partial charge on any atom is -0.398 e. The molecule has 2 aromatic carbocycles. The first kappa shape index (κ1) is 14.3. The van der Waals surface area contributed by atoms with Gasteiger partial charge in [0, 0.05) is 25.9 Å². The third-order valence-electron chi connectivity index (χ3n) is 2.82. The molecule has 0 aromatic heterocycles. The first-order valence-corrected chi connectivity index (χ1v) is 7.46. The highest BCUT2D eigenvalue weighted by Crippen LogP contribution is 2.19. The van der Waals surface area contributed by atoms with Crippen LogP contribution in [0.4, 0.5) is 5.69 Å². The van der Waals surface area contributed by atoms with Crippen LogP contribution in [-0.2, 0) is 6.54 Å². The summed E-state index contributed by atoms with van der Waals surface area (Å²) < 4.78 is 2.06. The van der Waals surface area contributed by atoms with Gasteiger partial charge in [0.1, 0.15) is 0 Å². The van der Waals surface area contributed by atoms with Gasteiger partial charge in [-0.3, -0.25) is 4.99 Å². The lowest BCUT2D eigenvalue weighted by Crippen LogP contribution is -2.01. The van der Waals surface area contributed by atoms with Crippen molar-refractivity contribution in [1.82, 2.24) is 0 Å². The van der Waals surface area contributed by atoms with Crippen molar-refractivity contribution in [3.05, 3.63) is 62.5 Å². The fourth-order valence-electron chi connectivity index (χ4n) is 1.75. The molecule has 2 rings (SSSR count). The molecule has 0 amide bonds. The normalized spacial score (nSPS) is 11.6. The zero-order valence-corrected chi connectivity index (χ0v) is 13.7. The van der Waals surface area contributed by atoms with E-state index in [-0.39, 0.29) is 0 Å². The second kappa shape index (κ2) is 6.35. The Hall–Kier alpha value is -1.13. The second-order valence-corrected chi connectivity index (χ2v) is 6.09. The van der Waals surface area contributed by atoms with Crippen LogP contribution < -0.4 is 5.73 Å². The van der Waals surface area contributed by atoms with E-state index >= 15 is 0 Å². The van der Waals surface area contributed by atoms with Gasteiger partial charge in [-0.15, -0.1) is 0 Å². The van der Waals surface area contributed by atoms with Gasteiger partial charge in [0.15, 0.2) is 0 Å². The third kappa shape index (κ3) is 3.91. The average molecular weight is 382 g/mol. The molecule has 4 heteroatoms. The van der Waals surface area contributed by atoms with E-state index in [1.807, 2.05) is 37.3 Å². The molecule has 0 fully saturated rings.